The average molecular weight is 394 g/mol. The molecule has 4 nitrogen and oxygen atoms in total. The number of nitrogens with zero attached hydrogens (tertiary/aromatic N) is 3. The molecule has 3 rings (SSSR count). The molecule has 1 aliphatic heterocycles. The fourth-order valence-electron chi connectivity index (χ4n) is 2.99. The molecule has 0 aliphatic carbocycles. The molecule has 0 saturated carbocycles. The van der Waals surface area contributed by atoms with E-state index in [4.69, 9.17) is 0 Å². The fraction of sp³-hybridized carbons (Fsp3) is 0.500. The largest absolute Gasteiger partial charge is 0.342 e. The van der Waals surface area contributed by atoms with Crippen molar-refractivity contribution in [2.45, 2.75) is 34.9 Å². The zero-order chi connectivity index (χ0) is 17.5. The van der Waals surface area contributed by atoms with Gasteiger partial charge in [0.05, 0.1) is 5.75 Å². The van der Waals surface area contributed by atoms with Gasteiger partial charge in [0.25, 0.3) is 0 Å². The molecule has 1 aliphatic rings. The van der Waals surface area contributed by atoms with Crippen LogP contribution in [0.5, 0.6) is 0 Å². The number of benzene rings is 1. The van der Waals surface area contributed by atoms with E-state index in [0.29, 0.717) is 11.7 Å². The lowest BCUT2D eigenvalue weighted by atomic mass is 9.90. The number of aromatic nitrogens is 2. The molecule has 25 heavy (non-hydrogen) atoms. The summed E-state index contributed by atoms with van der Waals surface area (Å²) in [6.07, 6.45) is 3.32. The van der Waals surface area contributed by atoms with Gasteiger partial charge >= 0.3 is 0 Å². The number of likely N-dealkylation sites (tertiary alicyclic amines) is 1. The molecule has 0 radical (unpaired) electrons. The van der Waals surface area contributed by atoms with Crippen LogP contribution in [0.1, 0.15) is 25.3 Å². The van der Waals surface area contributed by atoms with E-state index in [1.54, 1.807) is 23.1 Å². The molecular formula is C18H23N3OS3. The molecule has 0 atom stereocenters. The van der Waals surface area contributed by atoms with Crippen molar-refractivity contribution < 1.29 is 4.79 Å². The van der Waals surface area contributed by atoms with Crippen molar-refractivity contribution in [1.29, 1.82) is 0 Å². The van der Waals surface area contributed by atoms with E-state index in [1.807, 2.05) is 4.90 Å². The Bertz CT molecular complexity index is 669. The zero-order valence-corrected chi connectivity index (χ0v) is 16.8. The van der Waals surface area contributed by atoms with Crippen LogP contribution in [0.3, 0.4) is 0 Å². The highest BCUT2D eigenvalue weighted by atomic mass is 32.2. The highest BCUT2D eigenvalue weighted by Crippen LogP contribution is 2.29. The van der Waals surface area contributed by atoms with Crippen LogP contribution < -0.4 is 0 Å². The molecule has 0 spiro atoms. The van der Waals surface area contributed by atoms with Gasteiger partial charge in [-0.3, -0.25) is 4.79 Å². The number of hydrogen-bond donors (Lipinski definition) is 0. The molecule has 1 saturated heterocycles. The van der Waals surface area contributed by atoms with Crippen molar-refractivity contribution in [3.8, 4) is 0 Å². The molecule has 1 amide bonds. The second-order valence-electron chi connectivity index (χ2n) is 6.07. The van der Waals surface area contributed by atoms with Gasteiger partial charge in [-0.1, -0.05) is 72.1 Å². The SMILES string of the molecule is CCSc1nnc(SCC(=O)N2CCC(Cc3ccccc3)CC2)s1. The minimum atomic E-state index is 0.225. The van der Waals surface area contributed by atoms with Gasteiger partial charge in [-0.05, 0) is 36.5 Å². The standard InChI is InChI=1S/C18H23N3OS3/c1-2-23-17-19-20-18(25-17)24-13-16(22)21-10-8-15(9-11-21)12-14-6-4-3-5-7-14/h3-7,15H,2,8-13H2,1H3. The number of rotatable bonds is 7. The number of piperidine rings is 1. The van der Waals surface area contributed by atoms with Gasteiger partial charge in [-0.15, -0.1) is 10.2 Å². The molecule has 134 valence electrons. The maximum atomic E-state index is 12.4. The summed E-state index contributed by atoms with van der Waals surface area (Å²) in [7, 11) is 0. The molecule has 2 heterocycles. The van der Waals surface area contributed by atoms with Crippen LogP contribution in [-0.4, -0.2) is 45.6 Å². The van der Waals surface area contributed by atoms with E-state index in [0.717, 1.165) is 46.8 Å². The lowest BCUT2D eigenvalue weighted by Crippen LogP contribution is -2.39. The Morgan fingerprint density at radius 1 is 1.16 bits per heavy atom. The van der Waals surface area contributed by atoms with Crippen LogP contribution in [0, 0.1) is 5.92 Å². The average Bonchev–Trinajstić information content (AvgIpc) is 3.09. The quantitative estimate of drug-likeness (QED) is 0.659. The molecule has 0 N–H and O–H groups in total. The van der Waals surface area contributed by atoms with Crippen LogP contribution in [0.15, 0.2) is 39.0 Å². The lowest BCUT2D eigenvalue weighted by Gasteiger charge is -2.32. The second kappa shape index (κ2) is 9.59. The topological polar surface area (TPSA) is 46.1 Å². The summed E-state index contributed by atoms with van der Waals surface area (Å²) < 4.78 is 1.88. The van der Waals surface area contributed by atoms with Crippen LogP contribution in [0.2, 0.25) is 0 Å². The Hall–Kier alpha value is -1.05. The number of hydrogen-bond acceptors (Lipinski definition) is 6. The predicted octanol–water partition coefficient (Wildman–Crippen LogP) is 4.22. The normalized spacial score (nSPS) is 15.5. The van der Waals surface area contributed by atoms with Crippen molar-refractivity contribution in [3.63, 3.8) is 0 Å². The number of thioether (sulfide) groups is 2. The third kappa shape index (κ3) is 5.72. The molecular weight excluding hydrogens is 370 g/mol. The Balaban J connectivity index is 1.40. The summed E-state index contributed by atoms with van der Waals surface area (Å²) in [5.41, 5.74) is 1.40. The molecule has 0 bridgehead atoms. The van der Waals surface area contributed by atoms with Crippen LogP contribution in [0.4, 0.5) is 0 Å². The highest BCUT2D eigenvalue weighted by Gasteiger charge is 2.23. The Morgan fingerprint density at radius 3 is 2.52 bits per heavy atom. The number of amides is 1. The van der Waals surface area contributed by atoms with Crippen LogP contribution in [-0.2, 0) is 11.2 Å². The molecule has 7 heteroatoms. The first-order chi connectivity index (χ1) is 12.2. The Morgan fingerprint density at radius 2 is 1.84 bits per heavy atom. The minimum absolute atomic E-state index is 0.225. The van der Waals surface area contributed by atoms with Gasteiger partial charge in [0.1, 0.15) is 0 Å². The predicted molar refractivity (Wildman–Crippen MR) is 106 cm³/mol. The van der Waals surface area contributed by atoms with Gasteiger partial charge in [0.2, 0.25) is 5.91 Å². The number of carbonyl (C=O) groups excluding carboxylic acids is 1. The molecule has 1 fully saturated rings. The van der Waals surface area contributed by atoms with Gasteiger partial charge in [0, 0.05) is 13.1 Å². The van der Waals surface area contributed by atoms with Crippen molar-refractivity contribution in [2.24, 2.45) is 5.92 Å². The monoisotopic (exact) mass is 393 g/mol. The van der Waals surface area contributed by atoms with E-state index in [2.05, 4.69) is 47.5 Å². The first-order valence-electron chi connectivity index (χ1n) is 8.65. The van der Waals surface area contributed by atoms with Crippen molar-refractivity contribution in [2.75, 3.05) is 24.6 Å². The Labute approximate surface area is 161 Å². The maximum Gasteiger partial charge on any atom is 0.233 e. The summed E-state index contributed by atoms with van der Waals surface area (Å²) in [5, 5.41) is 8.28. The summed E-state index contributed by atoms with van der Waals surface area (Å²) in [6.45, 7) is 3.86. The van der Waals surface area contributed by atoms with E-state index in [1.165, 1.54) is 17.3 Å². The van der Waals surface area contributed by atoms with E-state index >= 15 is 0 Å². The van der Waals surface area contributed by atoms with Gasteiger partial charge in [-0.2, -0.15) is 0 Å². The summed E-state index contributed by atoms with van der Waals surface area (Å²) in [6, 6.07) is 10.7. The third-order valence-electron chi connectivity index (χ3n) is 4.31. The van der Waals surface area contributed by atoms with Crippen LogP contribution in [0.25, 0.3) is 0 Å². The zero-order valence-electron chi connectivity index (χ0n) is 14.4. The third-order valence-corrected chi connectivity index (χ3v) is 7.37. The molecule has 2 aromatic rings. The fourth-order valence-corrected chi connectivity index (χ4v) is 5.81. The summed E-state index contributed by atoms with van der Waals surface area (Å²) in [4.78, 5) is 14.4. The maximum absolute atomic E-state index is 12.4. The van der Waals surface area contributed by atoms with Gasteiger partial charge in [-0.25, -0.2) is 0 Å². The lowest BCUT2D eigenvalue weighted by molar-refractivity contribution is -0.129. The minimum Gasteiger partial charge on any atom is -0.342 e. The van der Waals surface area contributed by atoms with Crippen molar-refractivity contribution in [3.05, 3.63) is 35.9 Å². The molecule has 0 unspecified atom stereocenters. The molecule has 1 aromatic carbocycles. The second-order valence-corrected chi connectivity index (χ2v) is 9.78. The van der Waals surface area contributed by atoms with Gasteiger partial charge < -0.3 is 4.90 Å². The Kier molecular flexibility index (Phi) is 7.19. The van der Waals surface area contributed by atoms with Crippen LogP contribution >= 0.6 is 34.9 Å². The smallest absolute Gasteiger partial charge is 0.233 e. The first kappa shape index (κ1) is 18.7. The van der Waals surface area contributed by atoms with Crippen molar-refractivity contribution in [1.82, 2.24) is 15.1 Å². The summed E-state index contributed by atoms with van der Waals surface area (Å²) in [5.74, 6) is 2.38. The summed E-state index contributed by atoms with van der Waals surface area (Å²) >= 11 is 4.79. The van der Waals surface area contributed by atoms with Gasteiger partial charge in [0.15, 0.2) is 8.68 Å². The van der Waals surface area contributed by atoms with E-state index < -0.39 is 0 Å². The first-order valence-corrected chi connectivity index (χ1v) is 11.4. The number of carbonyl (C=O) groups is 1. The van der Waals surface area contributed by atoms with Crippen molar-refractivity contribution >= 4 is 40.8 Å². The molecule has 1 aromatic heterocycles. The van der Waals surface area contributed by atoms with E-state index in [-0.39, 0.29) is 5.91 Å². The van der Waals surface area contributed by atoms with E-state index in [9.17, 15) is 4.79 Å². The highest BCUT2D eigenvalue weighted by molar-refractivity contribution is 8.03.